The van der Waals surface area contributed by atoms with Crippen LogP contribution in [0.5, 0.6) is 0 Å². The number of rotatable bonds is 4. The lowest BCUT2D eigenvalue weighted by Crippen LogP contribution is -2.29. The first-order valence-corrected chi connectivity index (χ1v) is 10.4. The summed E-state index contributed by atoms with van der Waals surface area (Å²) in [4.78, 5) is 31.4. The molecule has 1 amide bonds. The first kappa shape index (κ1) is 21.4. The summed E-state index contributed by atoms with van der Waals surface area (Å²) in [5.41, 5.74) is 1.69. The number of carbonyl (C=O) groups is 2. The highest BCUT2D eigenvalue weighted by atomic mass is 35.5. The standard InChI is InChI=1S/C23H15Cl3N2O3/c24-16-4-1-14(2-5-16)20-19(21(29)15-3-6-17(25)18(26)11-15)22(30)23(31)28(20)12-13-7-9-27-10-8-13/h1-11,20,29H,12H2/b21-19-. The van der Waals surface area contributed by atoms with Gasteiger partial charge in [-0.25, -0.2) is 0 Å². The van der Waals surface area contributed by atoms with Gasteiger partial charge in [0.2, 0.25) is 0 Å². The summed E-state index contributed by atoms with van der Waals surface area (Å²) in [6.45, 7) is 0.165. The molecule has 1 saturated heterocycles. The van der Waals surface area contributed by atoms with Gasteiger partial charge in [0.05, 0.1) is 21.7 Å². The number of aliphatic hydroxyl groups is 1. The number of nitrogens with zero attached hydrogens (tertiary/aromatic N) is 2. The molecule has 1 aliphatic rings. The molecule has 1 N–H and O–H groups in total. The minimum Gasteiger partial charge on any atom is -0.507 e. The molecule has 0 saturated carbocycles. The van der Waals surface area contributed by atoms with Crippen LogP contribution in [0.15, 0.2) is 72.6 Å². The fourth-order valence-electron chi connectivity index (χ4n) is 3.52. The van der Waals surface area contributed by atoms with Gasteiger partial charge in [-0.2, -0.15) is 0 Å². The van der Waals surface area contributed by atoms with E-state index in [1.807, 2.05) is 0 Å². The molecule has 2 aromatic carbocycles. The zero-order valence-electron chi connectivity index (χ0n) is 15.9. The molecule has 1 aliphatic heterocycles. The molecule has 5 nitrogen and oxygen atoms in total. The summed E-state index contributed by atoms with van der Waals surface area (Å²) in [7, 11) is 0. The molecule has 8 heteroatoms. The van der Waals surface area contributed by atoms with Crippen molar-refractivity contribution in [3.05, 3.63) is 104 Å². The normalized spacial score (nSPS) is 17.9. The van der Waals surface area contributed by atoms with E-state index in [4.69, 9.17) is 34.8 Å². The van der Waals surface area contributed by atoms with Crippen LogP contribution in [0.1, 0.15) is 22.7 Å². The molecule has 0 aliphatic carbocycles. The van der Waals surface area contributed by atoms with Crippen LogP contribution in [0.25, 0.3) is 5.76 Å². The molecule has 0 spiro atoms. The number of amides is 1. The van der Waals surface area contributed by atoms with Gasteiger partial charge in [-0.1, -0.05) is 46.9 Å². The quantitative estimate of drug-likeness (QED) is 0.301. The van der Waals surface area contributed by atoms with Gasteiger partial charge in [-0.05, 0) is 53.6 Å². The zero-order valence-corrected chi connectivity index (χ0v) is 18.2. The summed E-state index contributed by atoms with van der Waals surface area (Å²) < 4.78 is 0. The number of ketones is 1. The number of Topliss-reactive ketones (excluding diaryl/α,β-unsaturated/α-hetero) is 1. The molecule has 4 rings (SSSR count). The van der Waals surface area contributed by atoms with Crippen LogP contribution in [-0.4, -0.2) is 26.7 Å². The third kappa shape index (κ3) is 4.17. The Morgan fingerprint density at radius 1 is 0.935 bits per heavy atom. The van der Waals surface area contributed by atoms with Gasteiger partial charge in [0.25, 0.3) is 11.7 Å². The molecule has 1 unspecified atom stereocenters. The Labute approximate surface area is 193 Å². The summed E-state index contributed by atoms with van der Waals surface area (Å²) in [6.07, 6.45) is 3.22. The van der Waals surface area contributed by atoms with Crippen LogP contribution >= 0.6 is 34.8 Å². The fourth-order valence-corrected chi connectivity index (χ4v) is 3.94. The predicted molar refractivity (Wildman–Crippen MR) is 120 cm³/mol. The van der Waals surface area contributed by atoms with Crippen LogP contribution in [0.2, 0.25) is 15.1 Å². The van der Waals surface area contributed by atoms with Gasteiger partial charge in [-0.15, -0.1) is 0 Å². The Kier molecular flexibility index (Phi) is 6.01. The minimum atomic E-state index is -0.806. The average molecular weight is 474 g/mol. The largest absolute Gasteiger partial charge is 0.507 e. The molecule has 1 aromatic heterocycles. The lowest BCUT2D eigenvalue weighted by molar-refractivity contribution is -0.140. The molecule has 3 aromatic rings. The highest BCUT2D eigenvalue weighted by Gasteiger charge is 2.46. The number of aromatic nitrogens is 1. The van der Waals surface area contributed by atoms with Crippen molar-refractivity contribution >= 4 is 52.3 Å². The molecule has 0 radical (unpaired) electrons. The van der Waals surface area contributed by atoms with Gasteiger partial charge >= 0.3 is 0 Å². The maximum absolute atomic E-state index is 13.0. The highest BCUT2D eigenvalue weighted by Crippen LogP contribution is 2.41. The monoisotopic (exact) mass is 472 g/mol. The first-order valence-electron chi connectivity index (χ1n) is 9.25. The van der Waals surface area contributed by atoms with Crippen LogP contribution < -0.4 is 0 Å². The maximum atomic E-state index is 13.0. The van der Waals surface area contributed by atoms with E-state index >= 15 is 0 Å². The molecule has 31 heavy (non-hydrogen) atoms. The third-order valence-corrected chi connectivity index (χ3v) is 6.01. The number of aliphatic hydroxyl groups excluding tert-OH is 1. The van der Waals surface area contributed by atoms with E-state index in [0.717, 1.165) is 5.56 Å². The SMILES string of the molecule is O=C1C(=O)N(Cc2ccncc2)C(c2ccc(Cl)cc2)/C1=C(/O)c1ccc(Cl)c(Cl)c1. The molecular formula is C23H15Cl3N2O3. The molecule has 0 bridgehead atoms. The first-order chi connectivity index (χ1) is 14.9. The zero-order chi connectivity index (χ0) is 22.1. The van der Waals surface area contributed by atoms with Gasteiger partial charge < -0.3 is 10.0 Å². The molecular weight excluding hydrogens is 459 g/mol. The van der Waals surface area contributed by atoms with E-state index < -0.39 is 17.7 Å². The van der Waals surface area contributed by atoms with E-state index in [1.165, 1.54) is 17.0 Å². The van der Waals surface area contributed by atoms with E-state index in [2.05, 4.69) is 4.98 Å². The number of hydrogen-bond donors (Lipinski definition) is 1. The van der Waals surface area contributed by atoms with E-state index in [-0.39, 0.29) is 28.5 Å². The van der Waals surface area contributed by atoms with Crippen LogP contribution in [0, 0.1) is 0 Å². The molecule has 1 atom stereocenters. The number of likely N-dealkylation sites (tertiary alicyclic amines) is 1. The average Bonchev–Trinajstić information content (AvgIpc) is 3.01. The smallest absolute Gasteiger partial charge is 0.295 e. The number of hydrogen-bond acceptors (Lipinski definition) is 4. The van der Waals surface area contributed by atoms with Crippen molar-refractivity contribution in [2.24, 2.45) is 0 Å². The number of carbonyl (C=O) groups excluding carboxylic acids is 2. The van der Waals surface area contributed by atoms with Crippen molar-refractivity contribution in [3.63, 3.8) is 0 Å². The van der Waals surface area contributed by atoms with Gasteiger partial charge in [0.1, 0.15) is 5.76 Å². The lowest BCUT2D eigenvalue weighted by Gasteiger charge is -2.25. The minimum absolute atomic E-state index is 0.0280. The number of pyridine rings is 1. The Bertz CT molecular complexity index is 1190. The summed E-state index contributed by atoms with van der Waals surface area (Å²) in [5, 5.41) is 12.1. The van der Waals surface area contributed by atoms with Gasteiger partial charge in [-0.3, -0.25) is 14.6 Å². The van der Waals surface area contributed by atoms with Crippen LogP contribution in [0.4, 0.5) is 0 Å². The lowest BCUT2D eigenvalue weighted by atomic mass is 9.95. The highest BCUT2D eigenvalue weighted by molar-refractivity contribution is 6.46. The number of benzene rings is 2. The summed E-state index contributed by atoms with van der Waals surface area (Å²) in [5.74, 6) is -1.81. The second kappa shape index (κ2) is 8.71. The topological polar surface area (TPSA) is 70.5 Å². The van der Waals surface area contributed by atoms with Gasteiger partial charge in [0, 0.05) is 29.5 Å². The van der Waals surface area contributed by atoms with Crippen molar-refractivity contribution in [2.75, 3.05) is 0 Å². The summed E-state index contributed by atoms with van der Waals surface area (Å²) >= 11 is 18.1. The van der Waals surface area contributed by atoms with E-state index in [1.54, 1.807) is 54.9 Å². The molecule has 156 valence electrons. The Morgan fingerprint density at radius 2 is 1.61 bits per heavy atom. The number of halogens is 3. The fraction of sp³-hybridized carbons (Fsp3) is 0.0870. The Balaban J connectivity index is 1.87. The van der Waals surface area contributed by atoms with Crippen molar-refractivity contribution in [3.8, 4) is 0 Å². The predicted octanol–water partition coefficient (Wildman–Crippen LogP) is 5.66. The maximum Gasteiger partial charge on any atom is 0.295 e. The second-order valence-electron chi connectivity index (χ2n) is 6.96. The van der Waals surface area contributed by atoms with Crippen molar-refractivity contribution in [1.82, 2.24) is 9.88 Å². The van der Waals surface area contributed by atoms with E-state index in [9.17, 15) is 14.7 Å². The van der Waals surface area contributed by atoms with Crippen molar-refractivity contribution < 1.29 is 14.7 Å². The van der Waals surface area contributed by atoms with Crippen molar-refractivity contribution in [1.29, 1.82) is 0 Å². The Hall–Kier alpha value is -2.86. The Morgan fingerprint density at radius 3 is 2.26 bits per heavy atom. The van der Waals surface area contributed by atoms with Crippen LogP contribution in [0.3, 0.4) is 0 Å². The van der Waals surface area contributed by atoms with Crippen molar-refractivity contribution in [2.45, 2.75) is 12.6 Å². The molecule has 1 fully saturated rings. The third-order valence-electron chi connectivity index (χ3n) is 5.02. The molecule has 2 heterocycles. The van der Waals surface area contributed by atoms with Gasteiger partial charge in [0.15, 0.2) is 0 Å². The summed E-state index contributed by atoms with van der Waals surface area (Å²) in [6, 6.07) is 14.0. The second-order valence-corrected chi connectivity index (χ2v) is 8.21. The van der Waals surface area contributed by atoms with Crippen LogP contribution in [-0.2, 0) is 16.1 Å². The van der Waals surface area contributed by atoms with E-state index in [0.29, 0.717) is 15.6 Å².